The molecular formula is C20H20Cl2N2O2. The largest absolute Gasteiger partial charge is 0.341 e. The molecule has 1 aliphatic heterocycles. The maximum absolute atomic E-state index is 12.8. The van der Waals surface area contributed by atoms with E-state index in [9.17, 15) is 9.59 Å². The van der Waals surface area contributed by atoms with Crippen molar-refractivity contribution in [2.75, 3.05) is 18.5 Å². The Hall–Kier alpha value is -2.04. The predicted molar refractivity (Wildman–Crippen MR) is 105 cm³/mol. The lowest BCUT2D eigenvalue weighted by Gasteiger charge is -2.22. The van der Waals surface area contributed by atoms with Gasteiger partial charge in [-0.3, -0.25) is 9.59 Å². The van der Waals surface area contributed by atoms with Crippen molar-refractivity contribution in [2.45, 2.75) is 19.9 Å². The number of rotatable bonds is 4. The molecule has 136 valence electrons. The fourth-order valence-corrected chi connectivity index (χ4v) is 3.61. The molecule has 0 aromatic heterocycles. The molecular weight excluding hydrogens is 371 g/mol. The van der Waals surface area contributed by atoms with Crippen molar-refractivity contribution in [1.82, 2.24) is 4.90 Å². The lowest BCUT2D eigenvalue weighted by Crippen LogP contribution is -2.34. The molecule has 6 heteroatoms. The van der Waals surface area contributed by atoms with E-state index in [0.717, 1.165) is 16.8 Å². The molecule has 2 aromatic rings. The van der Waals surface area contributed by atoms with E-state index in [2.05, 4.69) is 0 Å². The Morgan fingerprint density at radius 3 is 2.54 bits per heavy atom. The Labute approximate surface area is 163 Å². The molecule has 1 aliphatic rings. The summed E-state index contributed by atoms with van der Waals surface area (Å²) in [6.45, 7) is 2.78. The highest BCUT2D eigenvalue weighted by Crippen LogP contribution is 2.27. The van der Waals surface area contributed by atoms with Crippen LogP contribution in [0.5, 0.6) is 0 Å². The fourth-order valence-electron chi connectivity index (χ4n) is 3.14. The van der Waals surface area contributed by atoms with Crippen LogP contribution in [0.4, 0.5) is 5.69 Å². The topological polar surface area (TPSA) is 40.6 Å². The Morgan fingerprint density at radius 2 is 1.88 bits per heavy atom. The number of benzene rings is 2. The molecule has 0 aliphatic carbocycles. The number of carbonyl (C=O) groups is 2. The normalized spacial score (nSPS) is 16.8. The third-order valence-electron chi connectivity index (χ3n) is 4.62. The Morgan fingerprint density at radius 1 is 1.19 bits per heavy atom. The van der Waals surface area contributed by atoms with Crippen LogP contribution in [-0.2, 0) is 16.1 Å². The van der Waals surface area contributed by atoms with Crippen molar-refractivity contribution in [3.05, 3.63) is 63.6 Å². The quantitative estimate of drug-likeness (QED) is 0.779. The van der Waals surface area contributed by atoms with E-state index in [1.807, 2.05) is 37.3 Å². The summed E-state index contributed by atoms with van der Waals surface area (Å²) in [5.74, 6) is -0.427. The summed E-state index contributed by atoms with van der Waals surface area (Å²) in [4.78, 5) is 28.5. The smallest absolute Gasteiger partial charge is 0.228 e. The third-order valence-corrected chi connectivity index (χ3v) is 5.21. The van der Waals surface area contributed by atoms with Crippen molar-refractivity contribution < 1.29 is 9.59 Å². The SMILES string of the molecule is Cc1ccc(N2C[C@@H](C(=O)N(C)Cc3ccc(Cl)cc3Cl)CC2=O)cc1. The standard InChI is InChI=1S/C20H20Cl2N2O2/c1-13-3-7-17(8-4-13)24-12-15(9-19(24)25)20(26)23(2)11-14-5-6-16(21)10-18(14)22/h3-8,10,15H,9,11-12H2,1-2H3/t15-/m0/s1. The van der Waals surface area contributed by atoms with Gasteiger partial charge in [-0.25, -0.2) is 0 Å². The molecule has 1 heterocycles. The molecule has 1 saturated heterocycles. The van der Waals surface area contributed by atoms with Crippen molar-refractivity contribution in [3.8, 4) is 0 Å². The first-order valence-electron chi connectivity index (χ1n) is 8.41. The average Bonchev–Trinajstić information content (AvgIpc) is 2.99. The predicted octanol–water partition coefficient (Wildman–Crippen LogP) is 4.31. The molecule has 0 saturated carbocycles. The van der Waals surface area contributed by atoms with Crippen LogP contribution in [0.15, 0.2) is 42.5 Å². The summed E-state index contributed by atoms with van der Waals surface area (Å²) >= 11 is 12.1. The zero-order chi connectivity index (χ0) is 18.8. The van der Waals surface area contributed by atoms with Crippen LogP contribution in [0.1, 0.15) is 17.5 Å². The first-order valence-corrected chi connectivity index (χ1v) is 9.16. The molecule has 1 fully saturated rings. The Balaban J connectivity index is 1.68. The van der Waals surface area contributed by atoms with Gasteiger partial charge in [0.1, 0.15) is 0 Å². The zero-order valence-electron chi connectivity index (χ0n) is 14.7. The number of amides is 2. The van der Waals surface area contributed by atoms with E-state index in [-0.39, 0.29) is 24.2 Å². The van der Waals surface area contributed by atoms with Gasteiger partial charge in [-0.05, 0) is 36.8 Å². The van der Waals surface area contributed by atoms with Gasteiger partial charge >= 0.3 is 0 Å². The Bertz CT molecular complexity index is 836. The summed E-state index contributed by atoms with van der Waals surface area (Å²) in [7, 11) is 1.73. The van der Waals surface area contributed by atoms with Gasteiger partial charge in [0.2, 0.25) is 11.8 Å². The van der Waals surface area contributed by atoms with Gasteiger partial charge < -0.3 is 9.80 Å². The molecule has 0 N–H and O–H groups in total. The molecule has 0 spiro atoms. The summed E-state index contributed by atoms with van der Waals surface area (Å²) < 4.78 is 0. The van der Waals surface area contributed by atoms with Gasteiger partial charge in [0.05, 0.1) is 5.92 Å². The van der Waals surface area contributed by atoms with Gasteiger partial charge in [0.15, 0.2) is 0 Å². The number of carbonyl (C=O) groups excluding carboxylic acids is 2. The summed E-state index contributed by atoms with van der Waals surface area (Å²) in [6.07, 6.45) is 0.228. The number of nitrogens with zero attached hydrogens (tertiary/aromatic N) is 2. The highest BCUT2D eigenvalue weighted by Gasteiger charge is 2.36. The van der Waals surface area contributed by atoms with E-state index in [1.165, 1.54) is 0 Å². The van der Waals surface area contributed by atoms with Crippen LogP contribution in [0.2, 0.25) is 10.0 Å². The lowest BCUT2D eigenvalue weighted by atomic mass is 10.1. The Kier molecular flexibility index (Phi) is 5.54. The number of halogens is 2. The van der Waals surface area contributed by atoms with Crippen LogP contribution in [0, 0.1) is 12.8 Å². The first-order chi connectivity index (χ1) is 12.3. The van der Waals surface area contributed by atoms with Crippen LogP contribution >= 0.6 is 23.2 Å². The molecule has 26 heavy (non-hydrogen) atoms. The summed E-state index contributed by atoms with van der Waals surface area (Å²) in [5, 5.41) is 1.09. The second-order valence-corrected chi connectivity index (χ2v) is 7.51. The van der Waals surface area contributed by atoms with Gasteiger partial charge in [-0.2, -0.15) is 0 Å². The van der Waals surface area contributed by atoms with Crippen molar-refractivity contribution in [2.24, 2.45) is 5.92 Å². The molecule has 1 atom stereocenters. The number of anilines is 1. The van der Waals surface area contributed by atoms with Gasteiger partial charge in [0, 0.05) is 42.3 Å². The second-order valence-electron chi connectivity index (χ2n) is 6.67. The fraction of sp³-hybridized carbons (Fsp3) is 0.300. The first kappa shape index (κ1) is 18.7. The van der Waals surface area contributed by atoms with E-state index in [1.54, 1.807) is 29.0 Å². The summed E-state index contributed by atoms with van der Waals surface area (Å²) in [5.41, 5.74) is 2.79. The minimum Gasteiger partial charge on any atom is -0.341 e. The zero-order valence-corrected chi connectivity index (χ0v) is 16.2. The highest BCUT2D eigenvalue weighted by molar-refractivity contribution is 6.35. The maximum atomic E-state index is 12.8. The van der Waals surface area contributed by atoms with E-state index in [4.69, 9.17) is 23.2 Å². The van der Waals surface area contributed by atoms with Crippen molar-refractivity contribution >= 4 is 40.7 Å². The lowest BCUT2D eigenvalue weighted by molar-refractivity contribution is -0.135. The monoisotopic (exact) mass is 390 g/mol. The van der Waals surface area contributed by atoms with Gasteiger partial charge in [0.25, 0.3) is 0 Å². The van der Waals surface area contributed by atoms with E-state index in [0.29, 0.717) is 23.1 Å². The van der Waals surface area contributed by atoms with Gasteiger partial charge in [-0.15, -0.1) is 0 Å². The van der Waals surface area contributed by atoms with E-state index < -0.39 is 0 Å². The summed E-state index contributed by atoms with van der Waals surface area (Å²) in [6, 6.07) is 13.0. The molecule has 0 radical (unpaired) electrons. The minimum atomic E-state index is -0.347. The highest BCUT2D eigenvalue weighted by atomic mass is 35.5. The molecule has 2 aromatic carbocycles. The molecule has 0 unspecified atom stereocenters. The third kappa shape index (κ3) is 4.02. The minimum absolute atomic E-state index is 0.0230. The molecule has 4 nitrogen and oxygen atoms in total. The maximum Gasteiger partial charge on any atom is 0.228 e. The van der Waals surface area contributed by atoms with Crippen molar-refractivity contribution in [3.63, 3.8) is 0 Å². The molecule has 0 bridgehead atoms. The van der Waals surface area contributed by atoms with Crippen LogP contribution in [0.25, 0.3) is 0 Å². The van der Waals surface area contributed by atoms with Gasteiger partial charge in [-0.1, -0.05) is 47.0 Å². The van der Waals surface area contributed by atoms with Crippen molar-refractivity contribution in [1.29, 1.82) is 0 Å². The van der Waals surface area contributed by atoms with Crippen LogP contribution in [-0.4, -0.2) is 30.3 Å². The second kappa shape index (κ2) is 7.68. The average molecular weight is 391 g/mol. The number of aryl methyl sites for hydroxylation is 1. The molecule has 2 amide bonds. The number of hydrogen-bond acceptors (Lipinski definition) is 2. The number of hydrogen-bond donors (Lipinski definition) is 0. The van der Waals surface area contributed by atoms with Crippen LogP contribution < -0.4 is 4.90 Å². The van der Waals surface area contributed by atoms with E-state index >= 15 is 0 Å². The van der Waals surface area contributed by atoms with Crippen LogP contribution in [0.3, 0.4) is 0 Å². The molecule has 3 rings (SSSR count).